The van der Waals surface area contributed by atoms with Gasteiger partial charge in [-0.05, 0) is 43.7 Å². The van der Waals surface area contributed by atoms with E-state index in [2.05, 4.69) is 15.3 Å². The van der Waals surface area contributed by atoms with Crippen molar-refractivity contribution >= 4 is 57.6 Å². The fourth-order valence-electron chi connectivity index (χ4n) is 3.07. The van der Waals surface area contributed by atoms with E-state index in [4.69, 9.17) is 23.2 Å². The number of aromatic nitrogens is 3. The zero-order valence-corrected chi connectivity index (χ0v) is 19.6. The van der Waals surface area contributed by atoms with Crippen molar-refractivity contribution in [2.45, 2.75) is 19.0 Å². The molecule has 0 aliphatic rings. The minimum absolute atomic E-state index is 0.0102. The Bertz CT molecular complexity index is 1390. The lowest BCUT2D eigenvalue weighted by Gasteiger charge is -2.14. The molecule has 0 bridgehead atoms. The van der Waals surface area contributed by atoms with Gasteiger partial charge in [0, 0.05) is 6.20 Å². The van der Waals surface area contributed by atoms with Gasteiger partial charge < -0.3 is 5.32 Å². The molecule has 0 radical (unpaired) electrons. The van der Waals surface area contributed by atoms with Crippen LogP contribution < -0.4 is 10.9 Å². The molecular weight excluding hydrogens is 467 g/mol. The number of nitrogens with zero attached hydrogens (tertiary/aromatic N) is 3. The van der Waals surface area contributed by atoms with E-state index in [1.54, 1.807) is 25.1 Å². The Labute approximate surface area is 198 Å². The van der Waals surface area contributed by atoms with Crippen molar-refractivity contribution in [1.29, 1.82) is 0 Å². The maximum Gasteiger partial charge on any atom is 0.266 e. The topological polar surface area (TPSA) is 76.9 Å². The molecule has 4 aromatic rings. The minimum atomic E-state index is -0.330. The third kappa shape index (κ3) is 4.50. The highest BCUT2D eigenvalue weighted by molar-refractivity contribution is 7.99. The van der Waals surface area contributed by atoms with E-state index in [-0.39, 0.29) is 28.1 Å². The summed E-state index contributed by atoms with van der Waals surface area (Å²) in [4.78, 5) is 34.6. The molecule has 2 heterocycles. The van der Waals surface area contributed by atoms with Gasteiger partial charge in [0.2, 0.25) is 5.91 Å². The Hall–Kier alpha value is -2.87. The van der Waals surface area contributed by atoms with Crippen LogP contribution in [0, 0.1) is 13.8 Å². The number of aryl methyl sites for hydroxylation is 1. The van der Waals surface area contributed by atoms with Crippen LogP contribution in [0.5, 0.6) is 0 Å². The summed E-state index contributed by atoms with van der Waals surface area (Å²) in [5.41, 5.74) is 2.77. The van der Waals surface area contributed by atoms with Crippen molar-refractivity contribution in [3.63, 3.8) is 0 Å². The third-order valence-corrected chi connectivity index (χ3v) is 6.61. The summed E-state index contributed by atoms with van der Waals surface area (Å²) in [7, 11) is 0. The second-order valence-corrected chi connectivity index (χ2v) is 8.85. The SMILES string of the molecule is Cc1ccc(-n2c(SCC(=O)Nc3ncc(Cl)c(C)c3Cl)nc3ccccc3c2=O)cc1. The largest absolute Gasteiger partial charge is 0.309 e. The first-order chi connectivity index (χ1) is 15.3. The molecule has 0 fully saturated rings. The van der Waals surface area contributed by atoms with Crippen molar-refractivity contribution < 1.29 is 4.79 Å². The third-order valence-electron chi connectivity index (χ3n) is 4.83. The van der Waals surface area contributed by atoms with Crippen molar-refractivity contribution in [3.8, 4) is 5.69 Å². The van der Waals surface area contributed by atoms with Crippen LogP contribution in [0.1, 0.15) is 11.1 Å². The van der Waals surface area contributed by atoms with Crippen LogP contribution in [0.4, 0.5) is 5.82 Å². The van der Waals surface area contributed by atoms with Crippen LogP contribution in [0.15, 0.2) is 64.7 Å². The van der Waals surface area contributed by atoms with Gasteiger partial charge in [0.25, 0.3) is 5.56 Å². The number of carbonyl (C=O) groups is 1. The highest BCUT2D eigenvalue weighted by Crippen LogP contribution is 2.29. The average molecular weight is 485 g/mol. The van der Waals surface area contributed by atoms with Crippen LogP contribution in [0.3, 0.4) is 0 Å². The standard InChI is InChI=1S/C23H18Cl2N4O2S/c1-13-7-9-15(10-8-13)29-22(31)16-5-3-4-6-18(16)27-23(29)32-12-19(30)28-21-20(25)14(2)17(24)11-26-21/h3-11H,12H2,1-2H3,(H,26,28,30). The molecular formula is C23H18Cl2N4O2S. The van der Waals surface area contributed by atoms with Crippen molar-refractivity contribution in [2.75, 3.05) is 11.1 Å². The van der Waals surface area contributed by atoms with Crippen molar-refractivity contribution in [3.05, 3.63) is 86.3 Å². The predicted molar refractivity (Wildman–Crippen MR) is 130 cm³/mol. The molecule has 162 valence electrons. The van der Waals surface area contributed by atoms with E-state index in [0.717, 1.165) is 17.3 Å². The molecule has 6 nitrogen and oxygen atoms in total. The first-order valence-corrected chi connectivity index (χ1v) is 11.4. The molecule has 2 aromatic carbocycles. The molecule has 0 saturated heterocycles. The summed E-state index contributed by atoms with van der Waals surface area (Å²) in [5, 5.41) is 4.32. The molecule has 0 atom stereocenters. The summed E-state index contributed by atoms with van der Waals surface area (Å²) in [6.07, 6.45) is 1.44. The number of halogens is 2. The Balaban J connectivity index is 1.66. The van der Waals surface area contributed by atoms with E-state index in [1.807, 2.05) is 37.3 Å². The number of hydrogen-bond donors (Lipinski definition) is 1. The van der Waals surface area contributed by atoms with Crippen LogP contribution in [-0.2, 0) is 4.79 Å². The van der Waals surface area contributed by atoms with Gasteiger partial charge in [0.15, 0.2) is 11.0 Å². The van der Waals surface area contributed by atoms with E-state index >= 15 is 0 Å². The van der Waals surface area contributed by atoms with E-state index in [1.165, 1.54) is 10.8 Å². The Kier molecular flexibility index (Phi) is 6.50. The van der Waals surface area contributed by atoms with Gasteiger partial charge in [0.1, 0.15) is 0 Å². The van der Waals surface area contributed by atoms with Crippen LogP contribution in [0.2, 0.25) is 10.0 Å². The van der Waals surface area contributed by atoms with E-state index in [0.29, 0.717) is 32.3 Å². The first-order valence-electron chi connectivity index (χ1n) is 9.67. The van der Waals surface area contributed by atoms with E-state index in [9.17, 15) is 9.59 Å². The summed E-state index contributed by atoms with van der Waals surface area (Å²) < 4.78 is 1.53. The minimum Gasteiger partial charge on any atom is -0.309 e. The number of rotatable bonds is 5. The summed E-state index contributed by atoms with van der Waals surface area (Å²) in [5.74, 6) is -0.0818. The van der Waals surface area contributed by atoms with Gasteiger partial charge in [-0.3, -0.25) is 14.2 Å². The van der Waals surface area contributed by atoms with Gasteiger partial charge >= 0.3 is 0 Å². The van der Waals surface area contributed by atoms with Crippen LogP contribution >= 0.6 is 35.0 Å². The number of benzene rings is 2. The Morgan fingerprint density at radius 1 is 1.09 bits per heavy atom. The lowest BCUT2D eigenvalue weighted by Crippen LogP contribution is -2.23. The average Bonchev–Trinajstić information content (AvgIpc) is 2.79. The number of thioether (sulfide) groups is 1. The van der Waals surface area contributed by atoms with Gasteiger partial charge in [0.05, 0.1) is 32.4 Å². The van der Waals surface area contributed by atoms with Gasteiger partial charge in [-0.2, -0.15) is 0 Å². The number of anilines is 1. The second kappa shape index (κ2) is 9.32. The number of nitrogens with one attached hydrogen (secondary N) is 1. The number of amides is 1. The molecule has 0 aliphatic carbocycles. The highest BCUT2D eigenvalue weighted by atomic mass is 35.5. The number of hydrogen-bond acceptors (Lipinski definition) is 5. The van der Waals surface area contributed by atoms with Gasteiger partial charge in [-0.1, -0.05) is 64.8 Å². The molecule has 2 aromatic heterocycles. The fraction of sp³-hybridized carbons (Fsp3) is 0.130. The van der Waals surface area contributed by atoms with Crippen molar-refractivity contribution in [2.24, 2.45) is 0 Å². The van der Waals surface area contributed by atoms with Crippen LogP contribution in [-0.4, -0.2) is 26.2 Å². The summed E-state index contributed by atoms with van der Waals surface area (Å²) >= 11 is 13.4. The molecule has 1 amide bonds. The molecule has 9 heteroatoms. The molecule has 0 unspecified atom stereocenters. The van der Waals surface area contributed by atoms with Gasteiger partial charge in [-0.15, -0.1) is 0 Å². The Morgan fingerprint density at radius 2 is 1.81 bits per heavy atom. The fourth-order valence-corrected chi connectivity index (χ4v) is 4.28. The molecule has 4 rings (SSSR count). The lowest BCUT2D eigenvalue weighted by molar-refractivity contribution is -0.113. The number of pyridine rings is 1. The van der Waals surface area contributed by atoms with Crippen LogP contribution in [0.25, 0.3) is 16.6 Å². The predicted octanol–water partition coefficient (Wildman–Crippen LogP) is 5.44. The zero-order chi connectivity index (χ0) is 22.8. The zero-order valence-electron chi connectivity index (χ0n) is 17.2. The summed E-state index contributed by atoms with van der Waals surface area (Å²) in [6, 6.07) is 14.7. The number of fused-ring (bicyclic) bond motifs is 1. The number of para-hydroxylation sites is 1. The molecule has 0 spiro atoms. The number of carbonyl (C=O) groups excluding carboxylic acids is 1. The maximum atomic E-state index is 13.3. The lowest BCUT2D eigenvalue weighted by atomic mass is 10.2. The molecule has 1 N–H and O–H groups in total. The second-order valence-electron chi connectivity index (χ2n) is 7.12. The molecule has 0 aliphatic heterocycles. The highest BCUT2D eigenvalue weighted by Gasteiger charge is 2.16. The quantitative estimate of drug-likeness (QED) is 0.301. The monoisotopic (exact) mass is 484 g/mol. The summed E-state index contributed by atoms with van der Waals surface area (Å²) in [6.45, 7) is 3.72. The maximum absolute atomic E-state index is 13.3. The van der Waals surface area contributed by atoms with Gasteiger partial charge in [-0.25, -0.2) is 9.97 Å². The normalized spacial score (nSPS) is 11.0. The van der Waals surface area contributed by atoms with E-state index < -0.39 is 0 Å². The molecule has 32 heavy (non-hydrogen) atoms. The smallest absolute Gasteiger partial charge is 0.266 e. The first kappa shape index (κ1) is 22.3. The van der Waals surface area contributed by atoms with Crippen molar-refractivity contribution in [1.82, 2.24) is 14.5 Å². The molecule has 0 saturated carbocycles. The Morgan fingerprint density at radius 3 is 2.56 bits per heavy atom.